The molecule has 0 amide bonds. The van der Waals surface area contributed by atoms with Crippen LogP contribution in [-0.4, -0.2) is 47.5 Å². The largest absolute Gasteiger partial charge is 0.455 e. The van der Waals surface area contributed by atoms with Gasteiger partial charge in [-0.2, -0.15) is 20.1 Å². The third-order valence-corrected chi connectivity index (χ3v) is 5.65. The predicted molar refractivity (Wildman–Crippen MR) is 138 cm³/mol. The van der Waals surface area contributed by atoms with Gasteiger partial charge in [-0.25, -0.2) is 9.82 Å². The molecule has 0 aliphatic carbocycles. The number of aromatic nitrogens is 3. The van der Waals surface area contributed by atoms with Gasteiger partial charge in [0.2, 0.25) is 17.8 Å². The lowest BCUT2D eigenvalue weighted by Gasteiger charge is -2.27. The van der Waals surface area contributed by atoms with Gasteiger partial charge in [-0.05, 0) is 59.8 Å². The molecule has 0 unspecified atom stereocenters. The van der Waals surface area contributed by atoms with Gasteiger partial charge in [0.05, 0.1) is 24.5 Å². The van der Waals surface area contributed by atoms with Crippen LogP contribution in [0.1, 0.15) is 5.76 Å². The van der Waals surface area contributed by atoms with Gasteiger partial charge in [0.25, 0.3) is 0 Å². The zero-order valence-corrected chi connectivity index (χ0v) is 20.0. The molecule has 0 saturated carbocycles. The minimum Gasteiger partial charge on any atom is -0.455 e. The fourth-order valence-electron chi connectivity index (χ4n) is 3.52. The number of hydrazone groups is 1. The minimum absolute atomic E-state index is 0.192. The van der Waals surface area contributed by atoms with Crippen molar-refractivity contribution in [1.29, 1.82) is 0 Å². The Morgan fingerprint density at radius 3 is 2.57 bits per heavy atom. The molecule has 2 aromatic carbocycles. The minimum atomic E-state index is -0.344. The summed E-state index contributed by atoms with van der Waals surface area (Å²) in [6.07, 6.45) is 1.45. The van der Waals surface area contributed by atoms with Crippen LogP contribution in [0.4, 0.5) is 33.6 Å². The van der Waals surface area contributed by atoms with Crippen molar-refractivity contribution in [2.75, 3.05) is 41.9 Å². The van der Waals surface area contributed by atoms with Crippen molar-refractivity contribution in [3.8, 4) is 11.3 Å². The van der Waals surface area contributed by atoms with Gasteiger partial charge in [0, 0.05) is 24.3 Å². The molecule has 11 nitrogen and oxygen atoms in total. The van der Waals surface area contributed by atoms with E-state index in [0.29, 0.717) is 60.0 Å². The Bertz CT molecular complexity index is 1420. The second kappa shape index (κ2) is 11.1. The molecule has 3 heterocycles. The smallest absolute Gasteiger partial charge is 0.250 e. The quantitative estimate of drug-likeness (QED) is 0.179. The molecule has 2 aromatic heterocycles. The van der Waals surface area contributed by atoms with Gasteiger partial charge in [-0.3, -0.25) is 0 Å². The highest BCUT2D eigenvalue weighted by Crippen LogP contribution is 2.32. The molecular formula is C24H20ClFN8O3. The number of ether oxygens (including phenoxy) is 1. The summed E-state index contributed by atoms with van der Waals surface area (Å²) in [5, 5.41) is 10.6. The fourth-order valence-corrected chi connectivity index (χ4v) is 3.73. The Morgan fingerprint density at radius 1 is 1.00 bits per heavy atom. The molecule has 0 atom stereocenters. The standard InChI is InChI=1S/C24H20ClFN8O3/c25-20-7-5-17(33-35)13-19(20)21-8-6-18(37-21)14-27-32-23-29-22(28-16-3-1-15(26)2-4-16)30-24(31-23)34-9-11-36-12-10-34/h1-8,13-14H,9-12H2,(H2,28,29,30,31,32)/b27-14+. The van der Waals surface area contributed by atoms with Gasteiger partial charge in [-0.1, -0.05) is 11.6 Å². The lowest BCUT2D eigenvalue weighted by Crippen LogP contribution is -2.37. The van der Waals surface area contributed by atoms with E-state index in [1.165, 1.54) is 24.4 Å². The third-order valence-electron chi connectivity index (χ3n) is 5.32. The summed E-state index contributed by atoms with van der Waals surface area (Å²) in [6.45, 7) is 2.37. The molecule has 1 fully saturated rings. The van der Waals surface area contributed by atoms with Crippen LogP contribution >= 0.6 is 11.6 Å². The second-order valence-corrected chi connectivity index (χ2v) is 8.25. The summed E-state index contributed by atoms with van der Waals surface area (Å²) in [4.78, 5) is 26.1. The molecule has 0 radical (unpaired) electrons. The second-order valence-electron chi connectivity index (χ2n) is 7.84. The first-order valence-corrected chi connectivity index (χ1v) is 11.6. The van der Waals surface area contributed by atoms with Crippen LogP contribution in [0.25, 0.3) is 11.3 Å². The summed E-state index contributed by atoms with van der Waals surface area (Å²) < 4.78 is 24.5. The summed E-state index contributed by atoms with van der Waals surface area (Å²) in [6, 6.07) is 13.9. The molecule has 5 rings (SSSR count). The summed E-state index contributed by atoms with van der Waals surface area (Å²) in [7, 11) is 0. The molecule has 0 spiro atoms. The van der Waals surface area contributed by atoms with E-state index < -0.39 is 0 Å². The molecule has 2 N–H and O–H groups in total. The first kappa shape index (κ1) is 24.3. The number of anilines is 4. The van der Waals surface area contributed by atoms with E-state index in [0.717, 1.165) is 0 Å². The lowest BCUT2D eigenvalue weighted by molar-refractivity contribution is 0.122. The van der Waals surface area contributed by atoms with Crippen LogP contribution in [0.3, 0.4) is 0 Å². The van der Waals surface area contributed by atoms with E-state index in [1.54, 1.807) is 36.4 Å². The Kier molecular flexibility index (Phi) is 7.28. The topological polar surface area (TPSA) is 130 Å². The molecule has 4 aromatic rings. The average molecular weight is 523 g/mol. The van der Waals surface area contributed by atoms with Crippen LogP contribution in [0.2, 0.25) is 5.02 Å². The summed E-state index contributed by atoms with van der Waals surface area (Å²) in [5.41, 5.74) is 4.19. The zero-order valence-electron chi connectivity index (χ0n) is 19.3. The van der Waals surface area contributed by atoms with E-state index >= 15 is 0 Å². The molecule has 0 bridgehead atoms. The van der Waals surface area contributed by atoms with Crippen LogP contribution in [-0.2, 0) is 4.74 Å². The van der Waals surface area contributed by atoms with Crippen molar-refractivity contribution in [3.05, 3.63) is 76.1 Å². The molecule has 188 valence electrons. The van der Waals surface area contributed by atoms with Crippen molar-refractivity contribution >= 4 is 47.0 Å². The van der Waals surface area contributed by atoms with Crippen LogP contribution < -0.4 is 15.6 Å². The van der Waals surface area contributed by atoms with Crippen molar-refractivity contribution < 1.29 is 13.5 Å². The van der Waals surface area contributed by atoms with Crippen molar-refractivity contribution in [2.45, 2.75) is 0 Å². The maximum atomic E-state index is 13.3. The highest BCUT2D eigenvalue weighted by molar-refractivity contribution is 6.33. The maximum absolute atomic E-state index is 13.3. The van der Waals surface area contributed by atoms with E-state index in [4.69, 9.17) is 20.8 Å². The average Bonchev–Trinajstić information content (AvgIpc) is 3.39. The third kappa shape index (κ3) is 6.05. The lowest BCUT2D eigenvalue weighted by atomic mass is 10.1. The Balaban J connectivity index is 1.35. The van der Waals surface area contributed by atoms with Crippen LogP contribution in [0.5, 0.6) is 0 Å². The highest BCUT2D eigenvalue weighted by Gasteiger charge is 2.17. The SMILES string of the molecule is O=Nc1ccc(Cl)c(-c2ccc(/C=N/Nc3nc(Nc4ccc(F)cc4)nc(N4CCOCC4)n3)o2)c1. The maximum Gasteiger partial charge on any atom is 0.250 e. The Labute approximate surface area is 215 Å². The number of hydrogen-bond donors (Lipinski definition) is 2. The number of rotatable bonds is 8. The number of halogens is 2. The number of hydrogen-bond acceptors (Lipinski definition) is 11. The Morgan fingerprint density at radius 2 is 1.78 bits per heavy atom. The Hall–Kier alpha value is -4.42. The molecule has 1 saturated heterocycles. The highest BCUT2D eigenvalue weighted by atomic mass is 35.5. The van der Waals surface area contributed by atoms with Crippen molar-refractivity contribution in [2.24, 2.45) is 10.3 Å². The van der Waals surface area contributed by atoms with Crippen LogP contribution in [0, 0.1) is 10.7 Å². The number of nitrogens with zero attached hydrogens (tertiary/aromatic N) is 6. The van der Waals surface area contributed by atoms with E-state index in [1.807, 2.05) is 4.90 Å². The van der Waals surface area contributed by atoms with E-state index in [9.17, 15) is 9.30 Å². The van der Waals surface area contributed by atoms with E-state index in [-0.39, 0.29) is 23.4 Å². The number of morpholine rings is 1. The normalized spacial score (nSPS) is 13.6. The van der Waals surface area contributed by atoms with Gasteiger partial charge in [0.1, 0.15) is 23.0 Å². The summed E-state index contributed by atoms with van der Waals surface area (Å²) in [5.74, 6) is 1.44. The van der Waals surface area contributed by atoms with Gasteiger partial charge in [-0.15, -0.1) is 4.91 Å². The van der Waals surface area contributed by atoms with Crippen LogP contribution in [0.15, 0.2) is 69.3 Å². The molecule has 1 aliphatic heterocycles. The number of nitroso groups, excluding NO2 is 1. The molecule has 37 heavy (non-hydrogen) atoms. The van der Waals surface area contributed by atoms with E-state index in [2.05, 4.69) is 36.0 Å². The van der Waals surface area contributed by atoms with Gasteiger partial charge < -0.3 is 19.4 Å². The number of furan rings is 1. The predicted octanol–water partition coefficient (Wildman–Crippen LogP) is 5.35. The van der Waals surface area contributed by atoms with Gasteiger partial charge in [0.15, 0.2) is 0 Å². The monoisotopic (exact) mass is 522 g/mol. The molecular weight excluding hydrogens is 503 g/mol. The first-order chi connectivity index (χ1) is 18.1. The number of benzene rings is 2. The number of nitrogens with one attached hydrogen (secondary N) is 2. The van der Waals surface area contributed by atoms with Gasteiger partial charge >= 0.3 is 0 Å². The molecule has 1 aliphatic rings. The van der Waals surface area contributed by atoms with Crippen molar-refractivity contribution in [1.82, 2.24) is 15.0 Å². The molecule has 13 heteroatoms. The fraction of sp³-hybridized carbons (Fsp3) is 0.167. The van der Waals surface area contributed by atoms with Crippen molar-refractivity contribution in [3.63, 3.8) is 0 Å². The summed E-state index contributed by atoms with van der Waals surface area (Å²) >= 11 is 6.23. The first-order valence-electron chi connectivity index (χ1n) is 11.2. The zero-order chi connectivity index (χ0) is 25.6.